The number of aromatic nitrogens is 3. The topological polar surface area (TPSA) is 558 Å². The maximum Gasteiger partial charge on any atom is 0.305 e. The predicted molar refractivity (Wildman–Crippen MR) is 415 cm³/mol. The first-order chi connectivity index (χ1) is 55.2. The summed E-state index contributed by atoms with van der Waals surface area (Å²) < 4.78 is 63.6. The van der Waals surface area contributed by atoms with Gasteiger partial charge in [-0.05, 0) is 124 Å². The minimum absolute atomic E-state index is 0.0177. The number of carboxylic acids is 2. The summed E-state index contributed by atoms with van der Waals surface area (Å²) in [4.78, 5) is 192. The Kier molecular flexibility index (Phi) is 32.5. The van der Waals surface area contributed by atoms with Gasteiger partial charge in [0, 0.05) is 62.2 Å². The van der Waals surface area contributed by atoms with Crippen molar-refractivity contribution in [2.45, 2.75) is 177 Å². The zero-order valence-corrected chi connectivity index (χ0v) is 66.1. The van der Waals surface area contributed by atoms with E-state index < -0.39 is 215 Å². The maximum absolute atomic E-state index is 15.6. The molecular formula is C78H97F2N15O21S. The predicted octanol–water partition coefficient (Wildman–Crippen LogP) is -1.17. The molecule has 1 aliphatic heterocycles. The van der Waals surface area contributed by atoms with Crippen LogP contribution in [-0.2, 0) is 104 Å². The largest absolute Gasteiger partial charge is 0.497 e. The Balaban J connectivity index is 1.06. The lowest BCUT2D eigenvalue weighted by Crippen LogP contribution is -2.67. The van der Waals surface area contributed by atoms with Crippen LogP contribution in [0.15, 0.2) is 116 Å². The van der Waals surface area contributed by atoms with Gasteiger partial charge in [-0.1, -0.05) is 73.7 Å². The first-order valence-electron chi connectivity index (χ1n) is 37.1. The number of methoxy groups -OCH3 is 1. The first-order valence-corrected chi connectivity index (χ1v) is 39.0. The Morgan fingerprint density at radius 3 is 1.89 bits per heavy atom. The van der Waals surface area contributed by atoms with Gasteiger partial charge < -0.3 is 93.7 Å². The zero-order valence-electron chi connectivity index (χ0n) is 65.3. The molecular weight excluding hydrogens is 1550 g/mol. The second-order valence-electron chi connectivity index (χ2n) is 28.7. The van der Waals surface area contributed by atoms with Crippen LogP contribution in [0.4, 0.5) is 8.78 Å². The fourth-order valence-corrected chi connectivity index (χ4v) is 13.8. The van der Waals surface area contributed by atoms with Crippen molar-refractivity contribution in [3.05, 3.63) is 161 Å². The third-order valence-corrected chi connectivity index (χ3v) is 20.3. The van der Waals surface area contributed by atoms with Gasteiger partial charge in [-0.3, -0.25) is 67.3 Å². The molecule has 117 heavy (non-hydrogen) atoms. The zero-order chi connectivity index (χ0) is 86.4. The molecule has 1 fully saturated rings. The van der Waals surface area contributed by atoms with Crippen LogP contribution in [0.2, 0.25) is 0 Å². The van der Waals surface area contributed by atoms with Crippen LogP contribution in [0.25, 0.3) is 22.4 Å². The number of aliphatic carboxylic acids is 2. The molecule has 36 nitrogen and oxygen atoms in total. The highest BCUT2D eigenvalue weighted by Gasteiger charge is 2.49. The van der Waals surface area contributed by atoms with Crippen molar-refractivity contribution in [2.24, 2.45) is 5.73 Å². The number of carbonyl (C=O) groups is 13. The summed E-state index contributed by atoms with van der Waals surface area (Å²) in [5, 5.41) is 72.6. The fourth-order valence-electron chi connectivity index (χ4n) is 13.1. The number of pyridine rings is 1. The number of nitrogens with zero attached hydrogens (tertiary/aromatic N) is 3. The van der Waals surface area contributed by atoms with E-state index in [1.807, 2.05) is 50.2 Å². The molecule has 1 saturated heterocycles. The SMILES string of the molecule is CCc1cc(OC)ccc1-c1ccc(C[C@H](NC(=O)[C@H](CC(=O)O)NC(=O)[C@H](CO)NC(=O)[C@@H](NC(=O)[C@@](C)(Cc2c(F)cccc2F)NC(=O)[C@@H](NC(=O)CNC(=O)[C@H](CCC(=O)O)NC(=O)[C@]2(C)CCCN2C(=O)[C@H](Cc2c[nH]cn2)NS(C)(=O)=O)[C@@H](C)O)[C@@H](C)O)C(=O)N[C@@H](Cc2ccc(-c3ccccc3C)nc2)C(N)=O)cc1. The van der Waals surface area contributed by atoms with Gasteiger partial charge in [0.1, 0.15) is 76.8 Å². The second kappa shape index (κ2) is 41.4. The number of hydrogen-bond acceptors (Lipinski definition) is 21. The van der Waals surface area contributed by atoms with Crippen molar-refractivity contribution >= 4 is 86.9 Å². The lowest BCUT2D eigenvalue weighted by molar-refractivity contribution is -0.146. The molecule has 1 aliphatic rings. The number of H-pyrrole nitrogens is 1. The van der Waals surface area contributed by atoms with Gasteiger partial charge in [0.15, 0.2) is 0 Å². The van der Waals surface area contributed by atoms with E-state index in [0.29, 0.717) is 29.0 Å². The molecule has 0 saturated carbocycles. The number of aliphatic hydroxyl groups excluding tert-OH is 3. The maximum atomic E-state index is 15.6. The molecule has 2 aromatic heterocycles. The summed E-state index contributed by atoms with van der Waals surface area (Å²) in [5.74, 6) is -18.7. The number of nitrogens with two attached hydrogens (primary N) is 1. The fraction of sp³-hybridized carbons (Fsp3) is 0.423. The molecule has 0 bridgehead atoms. The molecule has 7 rings (SSSR count). The summed E-state index contributed by atoms with van der Waals surface area (Å²) in [6.45, 7) is 5.49. The number of aryl methyl sites for hydroxylation is 2. The summed E-state index contributed by atoms with van der Waals surface area (Å²) in [6, 6.07) is 10.7. The third-order valence-electron chi connectivity index (χ3n) is 19.5. The van der Waals surface area contributed by atoms with Gasteiger partial charge in [0.2, 0.25) is 75.0 Å². The third kappa shape index (κ3) is 25.6. The van der Waals surface area contributed by atoms with Crippen molar-refractivity contribution < 1.29 is 110 Å². The number of hydrogen-bond donors (Lipinski definition) is 17. The number of rotatable bonds is 42. The van der Waals surface area contributed by atoms with E-state index in [4.69, 9.17) is 10.5 Å². The molecule has 39 heteroatoms. The number of amides is 11. The molecule has 630 valence electrons. The van der Waals surface area contributed by atoms with Crippen molar-refractivity contribution in [3.63, 3.8) is 0 Å². The number of aliphatic hydroxyl groups is 3. The Morgan fingerprint density at radius 1 is 0.692 bits per heavy atom. The van der Waals surface area contributed by atoms with Gasteiger partial charge >= 0.3 is 11.9 Å². The van der Waals surface area contributed by atoms with Gasteiger partial charge in [-0.25, -0.2) is 26.9 Å². The first kappa shape index (κ1) is 92.0. The molecule has 0 radical (unpaired) electrons. The number of sulfonamides is 1. The second-order valence-corrected chi connectivity index (χ2v) is 30.5. The molecule has 4 aromatic carbocycles. The van der Waals surface area contributed by atoms with Crippen molar-refractivity contribution in [3.8, 4) is 28.1 Å². The Labute approximate surface area is 671 Å². The Bertz CT molecular complexity index is 4710. The highest BCUT2D eigenvalue weighted by atomic mass is 32.2. The molecule has 12 atom stereocenters. The molecule has 18 N–H and O–H groups in total. The molecule has 11 amide bonds. The molecule has 0 unspecified atom stereocenters. The number of likely N-dealkylation sites (tertiary alicyclic amines) is 1. The number of aromatic amines is 1. The van der Waals surface area contributed by atoms with Crippen LogP contribution in [-0.4, -0.2) is 235 Å². The van der Waals surface area contributed by atoms with Crippen LogP contribution in [0.3, 0.4) is 0 Å². The van der Waals surface area contributed by atoms with Gasteiger partial charge in [0.25, 0.3) is 0 Å². The number of nitrogens with one attached hydrogen (secondary N) is 11. The molecule has 6 aromatic rings. The monoisotopic (exact) mass is 1650 g/mol. The van der Waals surface area contributed by atoms with Crippen LogP contribution < -0.4 is 63.0 Å². The number of primary amides is 1. The Morgan fingerprint density at radius 2 is 1.31 bits per heavy atom. The smallest absolute Gasteiger partial charge is 0.305 e. The summed E-state index contributed by atoms with van der Waals surface area (Å²) in [6.07, 6.45) is -2.54. The van der Waals surface area contributed by atoms with Gasteiger partial charge in [0.05, 0.1) is 62.9 Å². The lowest BCUT2D eigenvalue weighted by atomic mass is 9.89. The van der Waals surface area contributed by atoms with Crippen LogP contribution in [0, 0.1) is 18.6 Å². The average Bonchev–Trinajstić information content (AvgIpc) is 1.61. The van der Waals surface area contributed by atoms with Gasteiger partial charge in [-0.15, -0.1) is 0 Å². The van der Waals surface area contributed by atoms with Crippen LogP contribution in [0.1, 0.15) is 100 Å². The van der Waals surface area contributed by atoms with E-state index in [9.17, 15) is 96.3 Å². The van der Waals surface area contributed by atoms with Crippen molar-refractivity contribution in [1.29, 1.82) is 0 Å². The highest BCUT2D eigenvalue weighted by Crippen LogP contribution is 2.32. The lowest BCUT2D eigenvalue weighted by Gasteiger charge is -2.37. The average molecular weight is 1650 g/mol. The molecule has 3 heterocycles. The standard InChI is InChI=1S/C78H97F2N15O21S/c1-9-46-32-49(116-7)23-24-51(46)47-21-18-44(19-22-47)30-58(69(106)86-57(67(81)104)31-45-20-25-55(83-36-45)50-15-11-10-14-41(50)2)87-70(107)59(34-64(102)103)88-71(108)61(39-96)89-72(109)65(42(3)97)92-75(112)77(5,35-52-53(79)16-12-17-54(52)80)93-73(110)66(43(4)98)91-62(99)38-84-68(105)56(26-27-63(100)101)90-76(113)78(6)28-13-29-95(78)74(111)60(94-117(8,114)115)33-48-37-82-40-85-48/h10-12,14-25,32,36-37,40,42-43,56-61,65-66,94,96-98H,9,13,26-31,33-35,38-39H2,1-8H3,(H2,81,104)(H,82,85)(H,84,105)(H,86,106)(H,87,107)(H,88,108)(H,89,109)(H,90,113)(H,91,99)(H,92,112)(H,93,110)(H,100,101)(H,102,103)/t42-,43-,56+,57+,58+,59+,60+,61+,65+,66+,77-,78+/m1/s1. The Hall–Kier alpha value is -12.2. The minimum Gasteiger partial charge on any atom is -0.497 e. The number of imidazole rings is 1. The van der Waals surface area contributed by atoms with E-state index in [-0.39, 0.29) is 44.3 Å². The van der Waals surface area contributed by atoms with Gasteiger partial charge in [-0.2, -0.15) is 0 Å². The van der Waals surface area contributed by atoms with E-state index >= 15 is 8.78 Å². The normalized spacial score (nSPS) is 16.4. The molecule has 0 spiro atoms. The summed E-state index contributed by atoms with van der Waals surface area (Å²) in [5.41, 5.74) is 6.64. The quantitative estimate of drug-likeness (QED) is 0.0215. The van der Waals surface area contributed by atoms with Crippen molar-refractivity contribution in [1.82, 2.24) is 72.4 Å². The van der Waals surface area contributed by atoms with Crippen LogP contribution in [0.5, 0.6) is 5.75 Å². The number of halogens is 2. The van der Waals surface area contributed by atoms with E-state index in [0.717, 1.165) is 77.9 Å². The van der Waals surface area contributed by atoms with Crippen molar-refractivity contribution in [2.75, 3.05) is 33.1 Å². The highest BCUT2D eigenvalue weighted by molar-refractivity contribution is 7.88. The van der Waals surface area contributed by atoms with E-state index in [2.05, 4.69) is 67.5 Å². The van der Waals surface area contributed by atoms with E-state index in [1.54, 1.807) is 42.5 Å². The number of benzene rings is 4. The number of ether oxygens (including phenoxy) is 1. The number of carbonyl (C=O) groups excluding carboxylic acids is 11. The minimum atomic E-state index is -4.03. The van der Waals surface area contributed by atoms with E-state index in [1.165, 1.54) is 32.8 Å². The summed E-state index contributed by atoms with van der Waals surface area (Å²) >= 11 is 0. The summed E-state index contributed by atoms with van der Waals surface area (Å²) in [7, 11) is -2.50. The van der Waals surface area contributed by atoms with Crippen LogP contribution >= 0.6 is 0 Å². The molecule has 0 aliphatic carbocycles. The number of carboxylic acid groups (broad SMARTS) is 2.